The van der Waals surface area contributed by atoms with Crippen molar-refractivity contribution >= 4 is 11.3 Å². The molecular formula is C13H22N2S. The van der Waals surface area contributed by atoms with Crippen molar-refractivity contribution in [1.29, 1.82) is 0 Å². The summed E-state index contributed by atoms with van der Waals surface area (Å²) in [5.41, 5.74) is 0. The number of nitrogens with one attached hydrogen (secondary N) is 1. The molecule has 2 nitrogen and oxygen atoms in total. The average Bonchev–Trinajstić information content (AvgIpc) is 3.03. The van der Waals surface area contributed by atoms with E-state index in [2.05, 4.69) is 31.1 Å². The van der Waals surface area contributed by atoms with Crippen molar-refractivity contribution in [2.24, 2.45) is 5.92 Å². The van der Waals surface area contributed by atoms with Crippen molar-refractivity contribution in [2.45, 2.75) is 58.5 Å². The van der Waals surface area contributed by atoms with Crippen LogP contribution < -0.4 is 5.32 Å². The lowest BCUT2D eigenvalue weighted by Crippen LogP contribution is -2.33. The molecule has 1 fully saturated rings. The van der Waals surface area contributed by atoms with Gasteiger partial charge in [-0.05, 0) is 38.5 Å². The number of hydrogen-bond acceptors (Lipinski definition) is 3. The van der Waals surface area contributed by atoms with Gasteiger partial charge in [-0.3, -0.25) is 0 Å². The molecule has 0 aromatic carbocycles. The van der Waals surface area contributed by atoms with Gasteiger partial charge in [-0.25, -0.2) is 4.98 Å². The van der Waals surface area contributed by atoms with Crippen LogP contribution in [0.4, 0.5) is 0 Å². The minimum Gasteiger partial charge on any atom is -0.305 e. The fourth-order valence-corrected chi connectivity index (χ4v) is 3.16. The Morgan fingerprint density at radius 3 is 2.62 bits per heavy atom. The summed E-state index contributed by atoms with van der Waals surface area (Å²) in [5.74, 6) is 0.931. The van der Waals surface area contributed by atoms with Crippen molar-refractivity contribution in [2.75, 3.05) is 0 Å². The summed E-state index contributed by atoms with van der Waals surface area (Å²) >= 11 is 1.83. The van der Waals surface area contributed by atoms with Crippen molar-refractivity contribution in [3.05, 3.63) is 16.1 Å². The van der Waals surface area contributed by atoms with Crippen LogP contribution in [0.25, 0.3) is 0 Å². The second-order valence-corrected chi connectivity index (χ2v) is 6.06. The number of rotatable bonds is 6. The molecule has 0 bridgehead atoms. The zero-order chi connectivity index (χ0) is 11.5. The first kappa shape index (κ1) is 12.1. The lowest BCUT2D eigenvalue weighted by molar-refractivity contribution is 0.382. The molecule has 1 heterocycles. The van der Waals surface area contributed by atoms with Gasteiger partial charge in [0.05, 0.1) is 6.04 Å². The van der Waals surface area contributed by atoms with Gasteiger partial charge < -0.3 is 5.32 Å². The fraction of sp³-hybridized carbons (Fsp3) is 0.769. The largest absolute Gasteiger partial charge is 0.305 e. The van der Waals surface area contributed by atoms with Crippen molar-refractivity contribution in [3.8, 4) is 0 Å². The first-order valence-corrected chi connectivity index (χ1v) is 7.24. The van der Waals surface area contributed by atoms with Crippen LogP contribution >= 0.6 is 11.3 Å². The second-order valence-electron chi connectivity index (χ2n) is 4.79. The van der Waals surface area contributed by atoms with Crippen LogP contribution in [0.1, 0.15) is 55.5 Å². The summed E-state index contributed by atoms with van der Waals surface area (Å²) in [6.07, 6.45) is 7.20. The van der Waals surface area contributed by atoms with E-state index in [1.165, 1.54) is 29.1 Å². The summed E-state index contributed by atoms with van der Waals surface area (Å²) in [6, 6.07) is 1.17. The monoisotopic (exact) mass is 238 g/mol. The van der Waals surface area contributed by atoms with Gasteiger partial charge in [0.1, 0.15) is 5.01 Å². The van der Waals surface area contributed by atoms with Gasteiger partial charge in [0.25, 0.3) is 0 Å². The van der Waals surface area contributed by atoms with Crippen LogP contribution in [-0.2, 0) is 0 Å². The fourth-order valence-electron chi connectivity index (χ4n) is 2.24. The molecule has 0 saturated heterocycles. The Morgan fingerprint density at radius 2 is 2.19 bits per heavy atom. The molecule has 1 aliphatic rings. The maximum absolute atomic E-state index is 4.51. The maximum Gasteiger partial charge on any atom is 0.110 e. The molecule has 2 atom stereocenters. The Kier molecular flexibility index (Phi) is 3.98. The molecule has 1 aromatic rings. The molecule has 16 heavy (non-hydrogen) atoms. The van der Waals surface area contributed by atoms with Gasteiger partial charge in [0.2, 0.25) is 0 Å². The minimum absolute atomic E-state index is 0.462. The molecule has 0 spiro atoms. The SMILES string of the molecule is CCC(NC(CC)C1CC1)c1ncc(C)s1. The molecule has 1 aliphatic carbocycles. The van der Waals surface area contributed by atoms with Gasteiger partial charge in [0, 0.05) is 17.1 Å². The number of thiazole rings is 1. The van der Waals surface area contributed by atoms with Crippen LogP contribution in [0.3, 0.4) is 0 Å². The van der Waals surface area contributed by atoms with Gasteiger partial charge >= 0.3 is 0 Å². The Hall–Kier alpha value is -0.410. The molecule has 2 rings (SSSR count). The van der Waals surface area contributed by atoms with Crippen molar-refractivity contribution < 1.29 is 0 Å². The molecule has 90 valence electrons. The third kappa shape index (κ3) is 2.83. The van der Waals surface area contributed by atoms with E-state index in [0.717, 1.165) is 12.3 Å². The molecule has 1 aromatic heterocycles. The average molecular weight is 238 g/mol. The van der Waals surface area contributed by atoms with Crippen LogP contribution in [0.15, 0.2) is 6.20 Å². The van der Waals surface area contributed by atoms with E-state index in [-0.39, 0.29) is 0 Å². The predicted octanol–water partition coefficient (Wildman–Crippen LogP) is 3.68. The molecule has 0 amide bonds. The summed E-state index contributed by atoms with van der Waals surface area (Å²) in [5, 5.41) is 5.06. The number of hydrogen-bond donors (Lipinski definition) is 1. The topological polar surface area (TPSA) is 24.9 Å². The normalized spacial score (nSPS) is 19.7. The highest BCUT2D eigenvalue weighted by Crippen LogP contribution is 2.35. The van der Waals surface area contributed by atoms with Crippen LogP contribution in [-0.4, -0.2) is 11.0 Å². The Labute approximate surface area is 102 Å². The van der Waals surface area contributed by atoms with E-state index < -0.39 is 0 Å². The standard InChI is InChI=1S/C13H22N2S/c1-4-11(10-6-7-10)15-12(5-2)13-14-8-9(3)16-13/h8,10-12,15H,4-7H2,1-3H3. The molecule has 1 N–H and O–H groups in total. The number of nitrogens with zero attached hydrogens (tertiary/aromatic N) is 1. The molecule has 0 radical (unpaired) electrons. The molecule has 1 saturated carbocycles. The number of aryl methyl sites for hydroxylation is 1. The smallest absolute Gasteiger partial charge is 0.110 e. The second kappa shape index (κ2) is 5.28. The Balaban J connectivity index is 1.98. The first-order valence-electron chi connectivity index (χ1n) is 6.43. The lowest BCUT2D eigenvalue weighted by Gasteiger charge is -2.22. The lowest BCUT2D eigenvalue weighted by atomic mass is 10.1. The van der Waals surface area contributed by atoms with Gasteiger partial charge in [0.15, 0.2) is 0 Å². The van der Waals surface area contributed by atoms with Crippen LogP contribution in [0.5, 0.6) is 0 Å². The quantitative estimate of drug-likeness (QED) is 0.817. The Morgan fingerprint density at radius 1 is 1.44 bits per heavy atom. The summed E-state index contributed by atoms with van der Waals surface area (Å²) < 4.78 is 0. The highest BCUT2D eigenvalue weighted by atomic mass is 32.1. The van der Waals surface area contributed by atoms with Crippen LogP contribution in [0, 0.1) is 12.8 Å². The van der Waals surface area contributed by atoms with Crippen LogP contribution in [0.2, 0.25) is 0 Å². The Bertz CT molecular complexity index is 330. The maximum atomic E-state index is 4.51. The molecule has 0 aliphatic heterocycles. The third-order valence-corrected chi connectivity index (χ3v) is 4.42. The van der Waals surface area contributed by atoms with Crippen molar-refractivity contribution in [1.82, 2.24) is 10.3 Å². The zero-order valence-corrected chi connectivity index (χ0v) is 11.3. The van der Waals surface area contributed by atoms with Gasteiger partial charge in [-0.2, -0.15) is 0 Å². The summed E-state index contributed by atoms with van der Waals surface area (Å²) in [4.78, 5) is 5.82. The summed E-state index contributed by atoms with van der Waals surface area (Å²) in [6.45, 7) is 6.66. The van der Waals surface area contributed by atoms with E-state index in [0.29, 0.717) is 12.1 Å². The minimum atomic E-state index is 0.462. The van der Waals surface area contributed by atoms with E-state index in [4.69, 9.17) is 0 Å². The summed E-state index contributed by atoms with van der Waals surface area (Å²) in [7, 11) is 0. The molecular weight excluding hydrogens is 216 g/mol. The predicted molar refractivity (Wildman–Crippen MR) is 69.8 cm³/mol. The zero-order valence-electron chi connectivity index (χ0n) is 10.5. The highest BCUT2D eigenvalue weighted by molar-refractivity contribution is 7.11. The van der Waals surface area contributed by atoms with Crippen molar-refractivity contribution in [3.63, 3.8) is 0 Å². The number of aromatic nitrogens is 1. The highest BCUT2D eigenvalue weighted by Gasteiger charge is 2.31. The molecule has 2 unspecified atom stereocenters. The third-order valence-electron chi connectivity index (χ3n) is 3.39. The van der Waals surface area contributed by atoms with E-state index in [1.807, 2.05) is 17.5 Å². The van der Waals surface area contributed by atoms with Gasteiger partial charge in [-0.15, -0.1) is 11.3 Å². The molecule has 3 heteroatoms. The first-order chi connectivity index (χ1) is 7.74. The van der Waals surface area contributed by atoms with E-state index in [9.17, 15) is 0 Å². The van der Waals surface area contributed by atoms with E-state index in [1.54, 1.807) is 0 Å². The van der Waals surface area contributed by atoms with Gasteiger partial charge in [-0.1, -0.05) is 13.8 Å². The van der Waals surface area contributed by atoms with E-state index >= 15 is 0 Å².